The molecule has 0 radical (unpaired) electrons. The topological polar surface area (TPSA) is 89.9 Å². The van der Waals surface area contributed by atoms with Gasteiger partial charge in [0.1, 0.15) is 0 Å². The van der Waals surface area contributed by atoms with Gasteiger partial charge in [-0.1, -0.05) is 29.8 Å². The van der Waals surface area contributed by atoms with E-state index in [9.17, 15) is 14.7 Å². The second-order valence-corrected chi connectivity index (χ2v) is 4.81. The molecule has 0 unspecified atom stereocenters. The summed E-state index contributed by atoms with van der Waals surface area (Å²) in [5.41, 5.74) is 0.332. The number of carbonyl (C=O) groups is 2. The number of carbonyl (C=O) groups excluding carboxylic acids is 1. The average molecular weight is 315 g/mol. The van der Waals surface area contributed by atoms with E-state index in [1.807, 2.05) is 0 Å². The summed E-state index contributed by atoms with van der Waals surface area (Å²) in [4.78, 5) is 24.9. The first-order valence-corrected chi connectivity index (χ1v) is 7.02. The molecule has 1 rings (SSSR count). The van der Waals surface area contributed by atoms with Gasteiger partial charge in [0.05, 0.1) is 0 Å². The molecule has 1 aromatic rings. The highest BCUT2D eigenvalue weighted by Crippen LogP contribution is 2.23. The van der Waals surface area contributed by atoms with Crippen LogP contribution in [-0.2, 0) is 4.79 Å². The Hall–Kier alpha value is -1.79. The van der Waals surface area contributed by atoms with Gasteiger partial charge < -0.3 is 20.4 Å². The van der Waals surface area contributed by atoms with E-state index in [1.165, 1.54) is 4.90 Å². The minimum atomic E-state index is -1.21. The van der Waals surface area contributed by atoms with Crippen molar-refractivity contribution in [3.05, 3.63) is 34.9 Å². The minimum absolute atomic E-state index is 0.0311. The average Bonchev–Trinajstić information content (AvgIpc) is 2.46. The number of carboxylic acid groups (broad SMARTS) is 1. The minimum Gasteiger partial charge on any atom is -0.479 e. The van der Waals surface area contributed by atoms with Gasteiger partial charge in [0, 0.05) is 30.3 Å². The Labute approximate surface area is 128 Å². The second-order valence-electron chi connectivity index (χ2n) is 4.40. The third-order valence-corrected chi connectivity index (χ3v) is 3.33. The van der Waals surface area contributed by atoms with E-state index < -0.39 is 18.0 Å². The first-order valence-electron chi connectivity index (χ1n) is 6.64. The lowest BCUT2D eigenvalue weighted by molar-refractivity contribution is -0.139. The van der Waals surface area contributed by atoms with Crippen LogP contribution in [0.25, 0.3) is 0 Å². The zero-order chi connectivity index (χ0) is 15.8. The molecule has 6 nitrogen and oxygen atoms in total. The summed E-state index contributed by atoms with van der Waals surface area (Å²) in [6, 6.07) is 4.76. The molecule has 0 aromatic heterocycles. The monoisotopic (exact) mass is 314 g/mol. The van der Waals surface area contributed by atoms with E-state index >= 15 is 0 Å². The Morgan fingerprint density at radius 1 is 1.38 bits per heavy atom. The van der Waals surface area contributed by atoms with Crippen molar-refractivity contribution < 1.29 is 19.8 Å². The maximum Gasteiger partial charge on any atom is 0.331 e. The van der Waals surface area contributed by atoms with E-state index in [0.29, 0.717) is 25.1 Å². The van der Waals surface area contributed by atoms with E-state index in [2.05, 4.69) is 5.32 Å². The number of nitrogens with one attached hydrogen (secondary N) is 1. The van der Waals surface area contributed by atoms with Crippen molar-refractivity contribution in [2.24, 2.45) is 0 Å². The fourth-order valence-electron chi connectivity index (χ4n) is 1.86. The van der Waals surface area contributed by atoms with Crippen molar-refractivity contribution in [3.8, 4) is 0 Å². The normalized spacial score (nSPS) is 11.8. The van der Waals surface area contributed by atoms with Crippen LogP contribution in [0.15, 0.2) is 24.3 Å². The third-order valence-electron chi connectivity index (χ3n) is 2.99. The van der Waals surface area contributed by atoms with E-state index in [1.54, 1.807) is 31.2 Å². The number of aliphatic hydroxyl groups excluding tert-OH is 1. The van der Waals surface area contributed by atoms with Crippen LogP contribution in [0.1, 0.15) is 24.9 Å². The van der Waals surface area contributed by atoms with Gasteiger partial charge in [0.25, 0.3) is 0 Å². The van der Waals surface area contributed by atoms with Crippen molar-refractivity contribution in [3.63, 3.8) is 0 Å². The lowest BCUT2D eigenvalue weighted by Gasteiger charge is -2.24. The fraction of sp³-hybridized carbons (Fsp3) is 0.429. The second kappa shape index (κ2) is 8.49. The van der Waals surface area contributed by atoms with Crippen molar-refractivity contribution in [2.45, 2.75) is 19.4 Å². The number of aliphatic carboxylic acids is 1. The smallest absolute Gasteiger partial charge is 0.331 e. The maximum atomic E-state index is 12.1. The highest BCUT2D eigenvalue weighted by atomic mass is 35.5. The number of hydrogen-bond donors (Lipinski definition) is 3. The van der Waals surface area contributed by atoms with E-state index in [0.717, 1.165) is 0 Å². The molecule has 3 N–H and O–H groups in total. The lowest BCUT2D eigenvalue weighted by atomic mass is 10.1. The SMILES string of the molecule is CCN(CCCO)C(=O)N[C@@H](C(=O)O)c1ccccc1Cl. The summed E-state index contributed by atoms with van der Waals surface area (Å²) < 4.78 is 0. The first-order chi connectivity index (χ1) is 10.0. The number of benzene rings is 1. The molecule has 0 aliphatic heterocycles. The molecule has 0 spiro atoms. The van der Waals surface area contributed by atoms with Crippen LogP contribution >= 0.6 is 11.6 Å². The van der Waals surface area contributed by atoms with Gasteiger partial charge in [-0.2, -0.15) is 0 Å². The van der Waals surface area contributed by atoms with Gasteiger partial charge in [-0.05, 0) is 19.4 Å². The van der Waals surface area contributed by atoms with Gasteiger partial charge in [-0.15, -0.1) is 0 Å². The van der Waals surface area contributed by atoms with Crippen molar-refractivity contribution >= 4 is 23.6 Å². The van der Waals surface area contributed by atoms with Crippen LogP contribution in [0.2, 0.25) is 5.02 Å². The van der Waals surface area contributed by atoms with E-state index in [-0.39, 0.29) is 11.6 Å². The first kappa shape index (κ1) is 17.3. The summed E-state index contributed by atoms with van der Waals surface area (Å²) in [6.07, 6.45) is 0.436. The van der Waals surface area contributed by atoms with Gasteiger partial charge >= 0.3 is 12.0 Å². The highest BCUT2D eigenvalue weighted by molar-refractivity contribution is 6.31. The number of rotatable bonds is 7. The molecule has 0 saturated carbocycles. The zero-order valence-electron chi connectivity index (χ0n) is 11.8. The molecule has 0 heterocycles. The van der Waals surface area contributed by atoms with Crippen molar-refractivity contribution in [1.29, 1.82) is 0 Å². The molecule has 0 fully saturated rings. The predicted molar refractivity (Wildman–Crippen MR) is 79.3 cm³/mol. The van der Waals surface area contributed by atoms with Gasteiger partial charge in [0.2, 0.25) is 0 Å². The molecule has 0 bridgehead atoms. The molecule has 1 aromatic carbocycles. The van der Waals surface area contributed by atoms with Crippen LogP contribution in [0.5, 0.6) is 0 Å². The summed E-state index contributed by atoms with van der Waals surface area (Å²) in [7, 11) is 0. The van der Waals surface area contributed by atoms with Gasteiger partial charge in [-0.3, -0.25) is 0 Å². The largest absolute Gasteiger partial charge is 0.479 e. The summed E-state index contributed by atoms with van der Waals surface area (Å²) in [6.45, 7) is 2.52. The summed E-state index contributed by atoms with van der Waals surface area (Å²) in [5.74, 6) is -1.19. The molecular formula is C14H19ClN2O4. The Bertz CT molecular complexity index is 496. The molecule has 116 valence electrons. The Kier molecular flexibility index (Phi) is 6.98. The molecular weight excluding hydrogens is 296 g/mol. The van der Waals surface area contributed by atoms with E-state index in [4.69, 9.17) is 16.7 Å². The summed E-state index contributed by atoms with van der Waals surface area (Å²) >= 11 is 5.98. The number of carboxylic acids is 1. The quantitative estimate of drug-likeness (QED) is 0.717. The number of amides is 2. The van der Waals surface area contributed by atoms with Crippen LogP contribution in [0.4, 0.5) is 4.79 Å². The molecule has 21 heavy (non-hydrogen) atoms. The molecule has 7 heteroatoms. The predicted octanol–water partition coefficient (Wildman–Crippen LogP) is 1.88. The molecule has 1 atom stereocenters. The van der Waals surface area contributed by atoms with Crippen molar-refractivity contribution in [2.75, 3.05) is 19.7 Å². The molecule has 0 aliphatic carbocycles. The molecule has 0 aliphatic rings. The third kappa shape index (κ3) is 4.91. The Morgan fingerprint density at radius 2 is 2.05 bits per heavy atom. The number of urea groups is 1. The summed E-state index contributed by atoms with van der Waals surface area (Å²) in [5, 5.41) is 20.8. The number of hydrogen-bond acceptors (Lipinski definition) is 3. The van der Waals surface area contributed by atoms with Crippen LogP contribution < -0.4 is 5.32 Å². The Balaban J connectivity index is 2.86. The molecule has 0 saturated heterocycles. The molecule has 2 amide bonds. The van der Waals surface area contributed by atoms with Gasteiger partial charge in [-0.25, -0.2) is 9.59 Å². The maximum absolute atomic E-state index is 12.1. The number of aliphatic hydroxyl groups is 1. The Morgan fingerprint density at radius 3 is 2.57 bits per heavy atom. The fourth-order valence-corrected chi connectivity index (χ4v) is 2.11. The standard InChI is InChI=1S/C14H19ClN2O4/c1-2-17(8-5-9-18)14(21)16-12(13(19)20)10-6-3-4-7-11(10)15/h3-4,6-7,12,18H,2,5,8-9H2,1H3,(H,16,21)(H,19,20)/t12-/m1/s1. The van der Waals surface area contributed by atoms with Crippen LogP contribution in [-0.4, -0.2) is 46.8 Å². The lowest BCUT2D eigenvalue weighted by Crippen LogP contribution is -2.44. The van der Waals surface area contributed by atoms with Crippen molar-refractivity contribution in [1.82, 2.24) is 10.2 Å². The number of nitrogens with zero attached hydrogens (tertiary/aromatic N) is 1. The number of halogens is 1. The van der Waals surface area contributed by atoms with Gasteiger partial charge in [0.15, 0.2) is 6.04 Å². The zero-order valence-corrected chi connectivity index (χ0v) is 12.5. The van der Waals surface area contributed by atoms with Crippen LogP contribution in [0, 0.1) is 0 Å². The van der Waals surface area contributed by atoms with Crippen LogP contribution in [0.3, 0.4) is 0 Å². The highest BCUT2D eigenvalue weighted by Gasteiger charge is 2.25.